The minimum atomic E-state index is -0.351. The predicted molar refractivity (Wildman–Crippen MR) is 198 cm³/mol. The van der Waals surface area contributed by atoms with E-state index < -0.39 is 0 Å². The molecule has 4 aromatic carbocycles. The van der Waals surface area contributed by atoms with Gasteiger partial charge in [0, 0.05) is 80.5 Å². The highest BCUT2D eigenvalue weighted by Gasteiger charge is 2.28. The number of aromatic nitrogens is 5. The lowest BCUT2D eigenvalue weighted by atomic mass is 9.83. The molecule has 5 aromatic heterocycles. The molecule has 52 heavy (non-hydrogen) atoms. The Morgan fingerprint density at radius 1 is 0.423 bits per heavy atom. The van der Waals surface area contributed by atoms with Gasteiger partial charge in [0.05, 0.1) is 58.1 Å². The van der Waals surface area contributed by atoms with Gasteiger partial charge in [-0.3, -0.25) is 4.98 Å². The summed E-state index contributed by atoms with van der Waals surface area (Å²) in [7, 11) is 0. The Kier molecular flexibility index (Phi) is 6.94. The zero-order chi connectivity index (χ0) is 35.3. The van der Waals surface area contributed by atoms with Crippen LogP contribution < -0.4 is 0 Å². The van der Waals surface area contributed by atoms with Crippen LogP contribution in [0, 0.1) is 45.3 Å². The Balaban J connectivity index is 1.25. The van der Waals surface area contributed by atoms with E-state index >= 15 is 0 Å². The van der Waals surface area contributed by atoms with Crippen molar-refractivity contribution in [3.05, 3.63) is 172 Å². The lowest BCUT2D eigenvalue weighted by molar-refractivity contribution is 0.909. The van der Waals surface area contributed by atoms with Gasteiger partial charge >= 0.3 is 0 Å². The smallest absolute Gasteiger partial charge is 0.0991 e. The fourth-order valence-electron chi connectivity index (χ4n) is 7.57. The fourth-order valence-corrected chi connectivity index (χ4v) is 7.57. The minimum absolute atomic E-state index is 0.303. The molecule has 4 N–H and O–H groups in total. The molecule has 242 valence electrons. The van der Waals surface area contributed by atoms with Crippen LogP contribution in [-0.4, -0.2) is 24.9 Å². The number of nitrogens with zero attached hydrogens (tertiary/aromatic N) is 5. The first kappa shape index (κ1) is 30.2. The maximum atomic E-state index is 9.75. The summed E-state index contributed by atoms with van der Waals surface area (Å²) < 4.78 is 0. The summed E-state index contributed by atoms with van der Waals surface area (Å²) in [6.07, 6.45) is 9.81. The Morgan fingerprint density at radius 2 is 0.769 bits per heavy atom. The summed E-state index contributed by atoms with van der Waals surface area (Å²) in [4.78, 5) is 18.7. The summed E-state index contributed by atoms with van der Waals surface area (Å²) in [5.74, 6) is -0.654. The maximum absolute atomic E-state index is 9.75. The van der Waals surface area contributed by atoms with Crippen LogP contribution in [0.2, 0.25) is 0 Å². The number of pyridine rings is 1. The lowest BCUT2D eigenvalue weighted by Gasteiger charge is -2.20. The standard InChI is InChI=1S/C43H25N9/c44-15-24-1-6-37-29(11-24)33(20-49-37)42(34-21-50-38-7-2-25(16-45)12-30(34)38)28-5-10-41(48-19-28)43(35-22-51-39-8-3-26(17-46)13-31(35)39)36-23-52-40-9-4-27(18-47)14-32(36)40/h1-14,19-23,42-43,49-52H. The number of H-pyrrole nitrogens is 4. The molecule has 9 heteroatoms. The van der Waals surface area contributed by atoms with E-state index in [0.29, 0.717) is 22.3 Å². The van der Waals surface area contributed by atoms with Crippen LogP contribution in [0.1, 0.15) is 67.6 Å². The third-order valence-electron chi connectivity index (χ3n) is 10.1. The van der Waals surface area contributed by atoms with Crippen LogP contribution in [0.4, 0.5) is 0 Å². The SMILES string of the molecule is N#Cc1ccc2[nH]cc(C(c3ccc(C(c4c[nH]c5ccc(C#N)cc45)c4c[nH]c5ccc(C#N)cc45)nc3)c3c[nH]c4ccc(C#N)cc34)c2c1. The van der Waals surface area contributed by atoms with Gasteiger partial charge in [-0.25, -0.2) is 0 Å². The highest BCUT2D eigenvalue weighted by Crippen LogP contribution is 2.42. The molecule has 0 saturated heterocycles. The average molecular weight is 668 g/mol. The Labute approximate surface area is 296 Å². The largest absolute Gasteiger partial charge is 0.361 e. The van der Waals surface area contributed by atoms with E-state index in [4.69, 9.17) is 4.98 Å². The van der Waals surface area contributed by atoms with Gasteiger partial charge in [0.15, 0.2) is 0 Å². The summed E-state index contributed by atoms with van der Waals surface area (Å²) in [6.45, 7) is 0. The lowest BCUT2D eigenvalue weighted by Crippen LogP contribution is -2.08. The monoisotopic (exact) mass is 667 g/mol. The van der Waals surface area contributed by atoms with E-state index in [-0.39, 0.29) is 11.8 Å². The van der Waals surface area contributed by atoms with Crippen LogP contribution in [-0.2, 0) is 0 Å². The normalized spacial score (nSPS) is 11.3. The molecule has 0 bridgehead atoms. The first-order chi connectivity index (χ1) is 25.6. The van der Waals surface area contributed by atoms with Crippen LogP contribution in [0.5, 0.6) is 0 Å². The Bertz CT molecular complexity index is 2640. The van der Waals surface area contributed by atoms with Crippen molar-refractivity contribution in [1.82, 2.24) is 24.9 Å². The second-order valence-corrected chi connectivity index (χ2v) is 12.8. The molecule has 0 unspecified atom stereocenters. The summed E-state index contributed by atoms with van der Waals surface area (Å²) >= 11 is 0. The summed E-state index contributed by atoms with van der Waals surface area (Å²) in [5.41, 5.74) is 11.4. The second kappa shape index (κ2) is 11.9. The second-order valence-electron chi connectivity index (χ2n) is 12.8. The Hall–Kier alpha value is -7.85. The number of rotatable bonds is 6. The topological polar surface area (TPSA) is 171 Å². The fraction of sp³-hybridized carbons (Fsp3) is 0.0465. The zero-order valence-electron chi connectivity index (χ0n) is 27.4. The molecule has 0 fully saturated rings. The molecule has 0 radical (unpaired) electrons. The molecule has 9 nitrogen and oxygen atoms in total. The number of fused-ring (bicyclic) bond motifs is 4. The van der Waals surface area contributed by atoms with E-state index in [1.165, 1.54) is 0 Å². The van der Waals surface area contributed by atoms with Gasteiger partial charge in [-0.2, -0.15) is 21.0 Å². The van der Waals surface area contributed by atoms with Crippen molar-refractivity contribution in [2.45, 2.75) is 11.8 Å². The van der Waals surface area contributed by atoms with Gasteiger partial charge in [0.2, 0.25) is 0 Å². The first-order valence-corrected chi connectivity index (χ1v) is 16.6. The molecular weight excluding hydrogens is 643 g/mol. The van der Waals surface area contributed by atoms with Crippen molar-refractivity contribution in [3.8, 4) is 24.3 Å². The van der Waals surface area contributed by atoms with Gasteiger partial charge < -0.3 is 19.9 Å². The molecule has 9 rings (SSSR count). The number of hydrogen-bond acceptors (Lipinski definition) is 5. The number of aromatic amines is 4. The molecule has 0 aliphatic rings. The van der Waals surface area contributed by atoms with Crippen LogP contribution >= 0.6 is 0 Å². The quantitative estimate of drug-likeness (QED) is 0.138. The van der Waals surface area contributed by atoms with Gasteiger partial charge in [0.25, 0.3) is 0 Å². The van der Waals surface area contributed by atoms with E-state index in [9.17, 15) is 21.0 Å². The van der Waals surface area contributed by atoms with Gasteiger partial charge in [0.1, 0.15) is 0 Å². The van der Waals surface area contributed by atoms with Crippen molar-refractivity contribution in [2.24, 2.45) is 0 Å². The van der Waals surface area contributed by atoms with Gasteiger partial charge in [-0.1, -0.05) is 6.07 Å². The van der Waals surface area contributed by atoms with Crippen molar-refractivity contribution in [2.75, 3.05) is 0 Å². The first-order valence-electron chi connectivity index (χ1n) is 16.6. The van der Waals surface area contributed by atoms with Crippen molar-refractivity contribution in [1.29, 1.82) is 21.0 Å². The molecule has 0 spiro atoms. The van der Waals surface area contributed by atoms with Crippen molar-refractivity contribution < 1.29 is 0 Å². The molecule has 0 saturated carbocycles. The van der Waals surface area contributed by atoms with E-state index in [0.717, 1.165) is 77.1 Å². The van der Waals surface area contributed by atoms with Gasteiger partial charge in [-0.05, 0) is 107 Å². The number of nitriles is 4. The van der Waals surface area contributed by atoms with E-state index in [1.807, 2.05) is 85.6 Å². The zero-order valence-corrected chi connectivity index (χ0v) is 27.4. The summed E-state index contributed by atoms with van der Waals surface area (Å²) in [5, 5.41) is 42.7. The molecule has 0 amide bonds. The van der Waals surface area contributed by atoms with Crippen LogP contribution in [0.15, 0.2) is 116 Å². The molecule has 0 atom stereocenters. The van der Waals surface area contributed by atoms with Crippen LogP contribution in [0.3, 0.4) is 0 Å². The minimum Gasteiger partial charge on any atom is -0.361 e. The number of benzene rings is 4. The third kappa shape index (κ3) is 4.78. The average Bonchev–Trinajstić information content (AvgIpc) is 4.01. The Morgan fingerprint density at radius 3 is 1.08 bits per heavy atom. The highest BCUT2D eigenvalue weighted by molar-refractivity contribution is 5.92. The van der Waals surface area contributed by atoms with Crippen LogP contribution in [0.25, 0.3) is 43.6 Å². The van der Waals surface area contributed by atoms with Crippen molar-refractivity contribution >= 4 is 43.6 Å². The highest BCUT2D eigenvalue weighted by atomic mass is 14.7. The molecule has 5 heterocycles. The van der Waals surface area contributed by atoms with Crippen molar-refractivity contribution in [3.63, 3.8) is 0 Å². The van der Waals surface area contributed by atoms with E-state index in [2.05, 4.69) is 50.3 Å². The third-order valence-corrected chi connectivity index (χ3v) is 10.1. The molecular formula is C43H25N9. The number of nitrogens with one attached hydrogen (secondary N) is 4. The number of hydrogen-bond donors (Lipinski definition) is 4. The van der Waals surface area contributed by atoms with E-state index in [1.54, 1.807) is 24.3 Å². The molecule has 0 aliphatic heterocycles. The molecule has 0 aliphatic carbocycles. The predicted octanol–water partition coefficient (Wildman–Crippen LogP) is 8.85. The summed E-state index contributed by atoms with van der Waals surface area (Å²) in [6, 6.07) is 35.7. The molecule has 9 aromatic rings. The maximum Gasteiger partial charge on any atom is 0.0991 e. The van der Waals surface area contributed by atoms with Gasteiger partial charge in [-0.15, -0.1) is 0 Å².